The average molecular weight is 160 g/mol. The van der Waals surface area contributed by atoms with Gasteiger partial charge in [-0.05, 0) is 20.1 Å². The molecule has 0 aromatic carbocycles. The van der Waals surface area contributed by atoms with E-state index >= 15 is 0 Å². The maximum absolute atomic E-state index is 10.1. The van der Waals surface area contributed by atoms with Crippen molar-refractivity contribution in [2.75, 3.05) is 6.26 Å². The van der Waals surface area contributed by atoms with E-state index in [1.165, 1.54) is 6.08 Å². The van der Waals surface area contributed by atoms with Gasteiger partial charge in [-0.1, -0.05) is 6.08 Å². The van der Waals surface area contributed by atoms with Crippen LogP contribution in [-0.2, 0) is 4.79 Å². The van der Waals surface area contributed by atoms with Gasteiger partial charge in [0.2, 0.25) is 0 Å². The fourth-order valence-electron chi connectivity index (χ4n) is 0.340. The molecule has 0 amide bonds. The first-order valence-corrected chi connectivity index (χ1v) is 4.18. The molecule has 0 aliphatic carbocycles. The number of rotatable bonds is 3. The van der Waals surface area contributed by atoms with Crippen LogP contribution in [0.5, 0.6) is 0 Å². The number of hydrogen-bond donors (Lipinski definition) is 1. The van der Waals surface area contributed by atoms with Gasteiger partial charge in [-0.2, -0.15) is 11.8 Å². The molecule has 2 nitrogen and oxygen atoms in total. The monoisotopic (exact) mass is 160 g/mol. The highest BCUT2D eigenvalue weighted by Crippen LogP contribution is 2.21. The number of carboxylic acid groups (broad SMARTS) is 1. The van der Waals surface area contributed by atoms with Crippen LogP contribution in [-0.4, -0.2) is 22.1 Å². The molecule has 0 aromatic rings. The van der Waals surface area contributed by atoms with Crippen LogP contribution in [0.1, 0.15) is 13.8 Å². The summed E-state index contributed by atoms with van der Waals surface area (Å²) in [4.78, 5) is 10.1. The van der Waals surface area contributed by atoms with Crippen LogP contribution in [0.3, 0.4) is 0 Å². The molecule has 0 radical (unpaired) electrons. The highest BCUT2D eigenvalue weighted by atomic mass is 32.2. The zero-order valence-corrected chi connectivity index (χ0v) is 7.23. The lowest BCUT2D eigenvalue weighted by atomic mass is 10.2. The molecule has 0 spiro atoms. The normalized spacial score (nSPS) is 12.3. The minimum atomic E-state index is -0.887. The number of carbonyl (C=O) groups is 1. The molecule has 0 fully saturated rings. The van der Waals surface area contributed by atoms with Crippen LogP contribution in [0.25, 0.3) is 0 Å². The predicted octanol–water partition coefficient (Wildman–Crippen LogP) is 1.77. The molecule has 3 heteroatoms. The lowest BCUT2D eigenvalue weighted by Crippen LogP contribution is -2.09. The van der Waals surface area contributed by atoms with Gasteiger partial charge >= 0.3 is 5.97 Å². The van der Waals surface area contributed by atoms with Crippen molar-refractivity contribution in [3.63, 3.8) is 0 Å². The standard InChI is InChI=1S/C7H12O2S/c1-7(2,10-3)5-4-6(8)9/h4-5H,1-3H3,(H,8,9). The van der Waals surface area contributed by atoms with Gasteiger partial charge in [-0.3, -0.25) is 0 Å². The molecule has 0 saturated carbocycles. The molecule has 0 rings (SSSR count). The van der Waals surface area contributed by atoms with Crippen molar-refractivity contribution in [2.45, 2.75) is 18.6 Å². The summed E-state index contributed by atoms with van der Waals surface area (Å²) in [5, 5.41) is 8.28. The lowest BCUT2D eigenvalue weighted by Gasteiger charge is -2.15. The van der Waals surface area contributed by atoms with Crippen molar-refractivity contribution in [1.82, 2.24) is 0 Å². The van der Waals surface area contributed by atoms with E-state index in [4.69, 9.17) is 5.11 Å². The highest BCUT2D eigenvalue weighted by Gasteiger charge is 2.10. The number of carboxylic acids is 1. The third-order valence-corrected chi connectivity index (χ3v) is 2.34. The molecule has 0 bridgehead atoms. The number of hydrogen-bond acceptors (Lipinski definition) is 2. The summed E-state index contributed by atoms with van der Waals surface area (Å²) in [5.41, 5.74) is 0. The molecule has 0 aliphatic rings. The Kier molecular flexibility index (Phi) is 3.50. The Bertz CT molecular complexity index is 150. The smallest absolute Gasteiger partial charge is 0.328 e. The zero-order chi connectivity index (χ0) is 8.20. The maximum atomic E-state index is 10.1. The van der Waals surface area contributed by atoms with Crippen molar-refractivity contribution < 1.29 is 9.90 Å². The van der Waals surface area contributed by atoms with Crippen molar-refractivity contribution >= 4 is 17.7 Å². The summed E-state index contributed by atoms with van der Waals surface area (Å²) in [6.07, 6.45) is 4.81. The minimum absolute atomic E-state index is 0.0710. The average Bonchev–Trinajstić information content (AvgIpc) is 1.85. The summed E-state index contributed by atoms with van der Waals surface area (Å²) in [5.74, 6) is -0.887. The second kappa shape index (κ2) is 3.66. The van der Waals surface area contributed by atoms with Crippen molar-refractivity contribution in [2.24, 2.45) is 0 Å². The van der Waals surface area contributed by atoms with Gasteiger partial charge < -0.3 is 5.11 Å². The largest absolute Gasteiger partial charge is 0.478 e. The van der Waals surface area contributed by atoms with Crippen LogP contribution in [0, 0.1) is 0 Å². The summed E-state index contributed by atoms with van der Waals surface area (Å²) in [6.45, 7) is 3.94. The summed E-state index contributed by atoms with van der Waals surface area (Å²) < 4.78 is -0.0710. The van der Waals surface area contributed by atoms with Crippen molar-refractivity contribution in [1.29, 1.82) is 0 Å². The zero-order valence-electron chi connectivity index (χ0n) is 6.42. The van der Waals surface area contributed by atoms with Crippen LogP contribution in [0.4, 0.5) is 0 Å². The van der Waals surface area contributed by atoms with Gasteiger partial charge in [-0.15, -0.1) is 0 Å². The fourth-order valence-corrected chi connectivity index (χ4v) is 0.544. The van der Waals surface area contributed by atoms with Crippen LogP contribution < -0.4 is 0 Å². The van der Waals surface area contributed by atoms with Gasteiger partial charge in [-0.25, -0.2) is 4.79 Å². The van der Waals surface area contributed by atoms with Crippen molar-refractivity contribution in [3.8, 4) is 0 Å². The molecule has 0 unspecified atom stereocenters. The van der Waals surface area contributed by atoms with E-state index in [-0.39, 0.29) is 4.75 Å². The number of thioether (sulfide) groups is 1. The molecule has 1 N–H and O–H groups in total. The SMILES string of the molecule is CSC(C)(C)C=CC(=O)O. The van der Waals surface area contributed by atoms with E-state index < -0.39 is 5.97 Å². The summed E-state index contributed by atoms with van der Waals surface area (Å²) in [6, 6.07) is 0. The maximum Gasteiger partial charge on any atom is 0.328 e. The quantitative estimate of drug-likeness (QED) is 0.639. The Hall–Kier alpha value is -0.440. The van der Waals surface area contributed by atoms with Crippen LogP contribution in [0.15, 0.2) is 12.2 Å². The molecule has 10 heavy (non-hydrogen) atoms. The molecular formula is C7H12O2S. The molecule has 0 atom stereocenters. The molecule has 0 aromatic heterocycles. The lowest BCUT2D eigenvalue weighted by molar-refractivity contribution is -0.131. The van der Waals surface area contributed by atoms with E-state index in [0.717, 1.165) is 0 Å². The van der Waals surface area contributed by atoms with Gasteiger partial charge in [0.05, 0.1) is 0 Å². The third kappa shape index (κ3) is 4.44. The Balaban J connectivity index is 3.99. The summed E-state index contributed by atoms with van der Waals surface area (Å²) in [7, 11) is 0. The Morgan fingerprint density at radius 1 is 1.60 bits per heavy atom. The highest BCUT2D eigenvalue weighted by molar-refractivity contribution is 8.00. The fraction of sp³-hybridized carbons (Fsp3) is 0.571. The van der Waals surface area contributed by atoms with Gasteiger partial charge in [0.15, 0.2) is 0 Å². The van der Waals surface area contributed by atoms with E-state index in [1.807, 2.05) is 20.1 Å². The van der Waals surface area contributed by atoms with E-state index in [2.05, 4.69) is 0 Å². The predicted molar refractivity (Wildman–Crippen MR) is 44.4 cm³/mol. The Labute approximate surface area is 65.3 Å². The van der Waals surface area contributed by atoms with E-state index in [0.29, 0.717) is 0 Å². The molecular weight excluding hydrogens is 148 g/mol. The second-order valence-electron chi connectivity index (χ2n) is 2.48. The third-order valence-electron chi connectivity index (χ3n) is 1.15. The molecule has 0 saturated heterocycles. The van der Waals surface area contributed by atoms with E-state index in [1.54, 1.807) is 17.8 Å². The van der Waals surface area contributed by atoms with Gasteiger partial charge in [0.1, 0.15) is 0 Å². The van der Waals surface area contributed by atoms with Gasteiger partial charge in [0, 0.05) is 10.8 Å². The topological polar surface area (TPSA) is 37.3 Å². The van der Waals surface area contributed by atoms with Crippen molar-refractivity contribution in [3.05, 3.63) is 12.2 Å². The van der Waals surface area contributed by atoms with Crippen LogP contribution in [0.2, 0.25) is 0 Å². The summed E-state index contributed by atoms with van der Waals surface area (Å²) >= 11 is 1.62. The number of aliphatic carboxylic acids is 1. The Morgan fingerprint density at radius 2 is 2.10 bits per heavy atom. The molecule has 0 aliphatic heterocycles. The second-order valence-corrected chi connectivity index (χ2v) is 3.94. The molecule has 0 heterocycles. The first kappa shape index (κ1) is 9.56. The van der Waals surface area contributed by atoms with Crippen LogP contribution >= 0.6 is 11.8 Å². The minimum Gasteiger partial charge on any atom is -0.478 e. The first-order chi connectivity index (χ1) is 4.48. The molecule has 58 valence electrons. The van der Waals surface area contributed by atoms with E-state index in [9.17, 15) is 4.79 Å². The first-order valence-electron chi connectivity index (χ1n) is 2.95. The van der Waals surface area contributed by atoms with Gasteiger partial charge in [0.25, 0.3) is 0 Å². The Morgan fingerprint density at radius 3 is 2.40 bits per heavy atom.